The van der Waals surface area contributed by atoms with Crippen LogP contribution in [0.3, 0.4) is 0 Å². The fraction of sp³-hybridized carbons (Fsp3) is 0.765. The monoisotopic (exact) mass is 293 g/mol. The molecule has 21 heavy (non-hydrogen) atoms. The lowest BCUT2D eigenvalue weighted by Gasteiger charge is -2.34. The summed E-state index contributed by atoms with van der Waals surface area (Å²) in [6.07, 6.45) is 2.52. The van der Waals surface area contributed by atoms with E-state index in [0.29, 0.717) is 12.1 Å². The molecule has 1 aromatic rings. The van der Waals surface area contributed by atoms with Gasteiger partial charge in [0.15, 0.2) is 0 Å². The molecule has 0 bridgehead atoms. The van der Waals surface area contributed by atoms with Crippen molar-refractivity contribution in [1.82, 2.24) is 15.1 Å². The third-order valence-corrected chi connectivity index (χ3v) is 4.49. The summed E-state index contributed by atoms with van der Waals surface area (Å²) >= 11 is 0. The summed E-state index contributed by atoms with van der Waals surface area (Å²) in [7, 11) is 4.43. The topological polar surface area (TPSA) is 31.7 Å². The molecule has 4 heteroatoms. The largest absolute Gasteiger partial charge is 0.465 e. The second-order valence-corrected chi connectivity index (χ2v) is 6.78. The molecule has 1 aliphatic heterocycles. The molecule has 0 saturated carbocycles. The van der Waals surface area contributed by atoms with Crippen molar-refractivity contribution in [1.29, 1.82) is 0 Å². The molecule has 1 fully saturated rings. The molecule has 1 aliphatic rings. The molecule has 2 rings (SSSR count). The van der Waals surface area contributed by atoms with Crippen LogP contribution in [0.1, 0.15) is 43.8 Å². The number of rotatable bonds is 6. The predicted molar refractivity (Wildman–Crippen MR) is 87.4 cm³/mol. The molecule has 1 N–H and O–H groups in total. The molecule has 0 amide bonds. The lowest BCUT2D eigenvalue weighted by molar-refractivity contribution is 0.132. The fourth-order valence-corrected chi connectivity index (χ4v) is 2.97. The lowest BCUT2D eigenvalue weighted by atomic mass is 10.0. The van der Waals surface area contributed by atoms with Crippen molar-refractivity contribution in [3.05, 3.63) is 23.2 Å². The van der Waals surface area contributed by atoms with Crippen LogP contribution in [-0.2, 0) is 13.1 Å². The van der Waals surface area contributed by atoms with Gasteiger partial charge in [-0.3, -0.25) is 4.90 Å². The van der Waals surface area contributed by atoms with Crippen LogP contribution < -0.4 is 5.32 Å². The van der Waals surface area contributed by atoms with Crippen molar-refractivity contribution < 1.29 is 4.42 Å². The zero-order chi connectivity index (χ0) is 15.4. The highest BCUT2D eigenvalue weighted by Gasteiger charge is 2.21. The Morgan fingerprint density at radius 1 is 1.38 bits per heavy atom. The van der Waals surface area contributed by atoms with Gasteiger partial charge in [0.1, 0.15) is 11.5 Å². The summed E-state index contributed by atoms with van der Waals surface area (Å²) in [6, 6.07) is 3.41. The van der Waals surface area contributed by atoms with E-state index >= 15 is 0 Å². The highest BCUT2D eigenvalue weighted by Crippen LogP contribution is 2.20. The molecular formula is C17H31N3O. The Labute approximate surface area is 129 Å². The van der Waals surface area contributed by atoms with Gasteiger partial charge in [-0.2, -0.15) is 0 Å². The van der Waals surface area contributed by atoms with E-state index in [0.717, 1.165) is 24.6 Å². The van der Waals surface area contributed by atoms with Crippen molar-refractivity contribution in [3.8, 4) is 0 Å². The summed E-state index contributed by atoms with van der Waals surface area (Å²) < 4.78 is 5.94. The summed E-state index contributed by atoms with van der Waals surface area (Å²) in [5.74, 6) is 2.14. The molecule has 0 aromatic carbocycles. The van der Waals surface area contributed by atoms with Crippen molar-refractivity contribution >= 4 is 0 Å². The Morgan fingerprint density at radius 3 is 2.67 bits per heavy atom. The van der Waals surface area contributed by atoms with Crippen molar-refractivity contribution in [2.45, 2.75) is 58.8 Å². The van der Waals surface area contributed by atoms with Gasteiger partial charge < -0.3 is 14.6 Å². The van der Waals surface area contributed by atoms with E-state index in [2.05, 4.69) is 56.0 Å². The third kappa shape index (κ3) is 4.83. The molecule has 0 radical (unpaired) electrons. The highest BCUT2D eigenvalue weighted by atomic mass is 16.3. The van der Waals surface area contributed by atoms with Crippen LogP contribution in [0.15, 0.2) is 10.5 Å². The number of likely N-dealkylation sites (tertiary alicyclic amines) is 1. The Kier molecular flexibility index (Phi) is 5.85. The standard InChI is InChI=1S/C17H31N3O/c1-13(2)18-11-15-10-17(21-14(15)3)12-20(5)16-6-8-19(4)9-7-16/h10,13,16,18H,6-9,11-12H2,1-5H3. The van der Waals surface area contributed by atoms with Crippen LogP contribution in [0, 0.1) is 6.92 Å². The van der Waals surface area contributed by atoms with Crippen LogP contribution in [0.25, 0.3) is 0 Å². The number of nitrogens with zero attached hydrogens (tertiary/aromatic N) is 2. The van der Waals surface area contributed by atoms with Crippen molar-refractivity contribution in [2.75, 3.05) is 27.2 Å². The van der Waals surface area contributed by atoms with E-state index in [1.165, 1.54) is 31.5 Å². The van der Waals surface area contributed by atoms with Crippen molar-refractivity contribution in [3.63, 3.8) is 0 Å². The minimum Gasteiger partial charge on any atom is -0.465 e. The van der Waals surface area contributed by atoms with Gasteiger partial charge in [-0.15, -0.1) is 0 Å². The molecule has 1 aromatic heterocycles. The van der Waals surface area contributed by atoms with Gasteiger partial charge in [-0.05, 0) is 53.0 Å². The number of nitrogens with one attached hydrogen (secondary N) is 1. The second kappa shape index (κ2) is 7.43. The first-order chi connectivity index (χ1) is 9.95. The molecule has 2 heterocycles. The maximum atomic E-state index is 5.94. The minimum atomic E-state index is 0.504. The first kappa shape index (κ1) is 16.5. The number of piperidine rings is 1. The summed E-state index contributed by atoms with van der Waals surface area (Å²) in [6.45, 7) is 10.6. The number of hydrogen-bond donors (Lipinski definition) is 1. The molecule has 4 nitrogen and oxygen atoms in total. The van der Waals surface area contributed by atoms with E-state index < -0.39 is 0 Å². The van der Waals surface area contributed by atoms with E-state index in [4.69, 9.17) is 4.42 Å². The zero-order valence-corrected chi connectivity index (χ0v) is 14.3. The smallest absolute Gasteiger partial charge is 0.118 e. The second-order valence-electron chi connectivity index (χ2n) is 6.78. The van der Waals surface area contributed by atoms with Gasteiger partial charge in [-0.25, -0.2) is 0 Å². The van der Waals surface area contributed by atoms with Gasteiger partial charge in [0.2, 0.25) is 0 Å². The first-order valence-corrected chi connectivity index (χ1v) is 8.16. The van der Waals surface area contributed by atoms with E-state index in [9.17, 15) is 0 Å². The van der Waals surface area contributed by atoms with Crippen LogP contribution in [0.4, 0.5) is 0 Å². The van der Waals surface area contributed by atoms with Crippen LogP contribution >= 0.6 is 0 Å². The Bertz CT molecular complexity index is 433. The molecule has 0 aliphatic carbocycles. The van der Waals surface area contributed by atoms with Crippen LogP contribution in [-0.4, -0.2) is 49.1 Å². The molecular weight excluding hydrogens is 262 g/mol. The average Bonchev–Trinajstić information content (AvgIpc) is 2.77. The lowest BCUT2D eigenvalue weighted by Crippen LogP contribution is -2.41. The van der Waals surface area contributed by atoms with Gasteiger partial charge in [0.25, 0.3) is 0 Å². The fourth-order valence-electron chi connectivity index (χ4n) is 2.97. The molecule has 0 spiro atoms. The maximum absolute atomic E-state index is 5.94. The molecule has 0 atom stereocenters. The maximum Gasteiger partial charge on any atom is 0.118 e. The number of furan rings is 1. The predicted octanol–water partition coefficient (Wildman–Crippen LogP) is 2.61. The van der Waals surface area contributed by atoms with Crippen LogP contribution in [0.5, 0.6) is 0 Å². The van der Waals surface area contributed by atoms with Gasteiger partial charge in [0, 0.05) is 24.2 Å². The van der Waals surface area contributed by atoms with E-state index in [1.54, 1.807) is 0 Å². The number of hydrogen-bond acceptors (Lipinski definition) is 4. The molecule has 1 saturated heterocycles. The van der Waals surface area contributed by atoms with Gasteiger partial charge in [0.05, 0.1) is 6.54 Å². The van der Waals surface area contributed by atoms with Gasteiger partial charge >= 0.3 is 0 Å². The minimum absolute atomic E-state index is 0.504. The Hall–Kier alpha value is -0.840. The van der Waals surface area contributed by atoms with Crippen molar-refractivity contribution in [2.24, 2.45) is 0 Å². The summed E-state index contributed by atoms with van der Waals surface area (Å²) in [5.41, 5.74) is 1.29. The van der Waals surface area contributed by atoms with E-state index in [-0.39, 0.29) is 0 Å². The Morgan fingerprint density at radius 2 is 2.05 bits per heavy atom. The quantitative estimate of drug-likeness (QED) is 0.874. The highest BCUT2D eigenvalue weighted by molar-refractivity contribution is 5.20. The zero-order valence-electron chi connectivity index (χ0n) is 14.3. The summed E-state index contributed by atoms with van der Waals surface area (Å²) in [5, 5.41) is 3.46. The normalized spacial score (nSPS) is 18.0. The van der Waals surface area contributed by atoms with Crippen LogP contribution in [0.2, 0.25) is 0 Å². The summed E-state index contributed by atoms with van der Waals surface area (Å²) in [4.78, 5) is 4.86. The van der Waals surface area contributed by atoms with Gasteiger partial charge in [-0.1, -0.05) is 13.8 Å². The average molecular weight is 293 g/mol. The first-order valence-electron chi connectivity index (χ1n) is 8.16. The van der Waals surface area contributed by atoms with E-state index in [1.807, 2.05) is 0 Å². The molecule has 0 unspecified atom stereocenters. The Balaban J connectivity index is 1.88. The third-order valence-electron chi connectivity index (χ3n) is 4.49. The SMILES string of the molecule is Cc1oc(CN(C)C2CCN(C)CC2)cc1CNC(C)C. The molecule has 120 valence electrons. The number of aryl methyl sites for hydroxylation is 1.